The first-order valence-corrected chi connectivity index (χ1v) is 6.88. The predicted octanol–water partition coefficient (Wildman–Crippen LogP) is 1.25. The van der Waals surface area contributed by atoms with Crippen molar-refractivity contribution >= 4 is 0 Å². The van der Waals surface area contributed by atoms with Gasteiger partial charge in [-0.05, 0) is 57.9 Å². The number of rotatable bonds is 5. The Morgan fingerprint density at radius 2 is 2.28 bits per heavy atom. The second-order valence-corrected chi connectivity index (χ2v) is 5.41. The van der Waals surface area contributed by atoms with Crippen LogP contribution < -0.4 is 5.32 Å². The van der Waals surface area contributed by atoms with Gasteiger partial charge in [0.2, 0.25) is 0 Å². The smallest absolute Gasteiger partial charge is 0.142 e. The van der Waals surface area contributed by atoms with Gasteiger partial charge in [0.1, 0.15) is 5.82 Å². The van der Waals surface area contributed by atoms with E-state index in [0.29, 0.717) is 0 Å². The third kappa shape index (κ3) is 3.50. The van der Waals surface area contributed by atoms with Crippen LogP contribution in [0.15, 0.2) is 6.20 Å². The summed E-state index contributed by atoms with van der Waals surface area (Å²) in [4.78, 5) is 11.3. The molecule has 0 amide bonds. The molecule has 0 aromatic carbocycles. The second-order valence-electron chi connectivity index (χ2n) is 5.41. The highest BCUT2D eigenvalue weighted by Gasteiger charge is 2.20. The molecule has 100 valence electrons. The maximum absolute atomic E-state index is 4.69. The fourth-order valence-electron chi connectivity index (χ4n) is 2.51. The number of aromatic nitrogens is 2. The van der Waals surface area contributed by atoms with Crippen LogP contribution in [0.2, 0.25) is 0 Å². The van der Waals surface area contributed by atoms with Crippen LogP contribution in [0.4, 0.5) is 0 Å². The minimum Gasteiger partial charge on any atom is -0.317 e. The van der Waals surface area contributed by atoms with Crippen molar-refractivity contribution in [1.29, 1.82) is 0 Å². The molecule has 1 atom stereocenters. The van der Waals surface area contributed by atoms with Crippen LogP contribution in [0.5, 0.6) is 0 Å². The maximum Gasteiger partial charge on any atom is 0.142 e. The van der Waals surface area contributed by atoms with E-state index in [1.54, 1.807) is 0 Å². The third-order valence-corrected chi connectivity index (χ3v) is 3.44. The van der Waals surface area contributed by atoms with Gasteiger partial charge in [-0.1, -0.05) is 6.92 Å². The average Bonchev–Trinajstić information content (AvgIpc) is 2.35. The summed E-state index contributed by atoms with van der Waals surface area (Å²) < 4.78 is 0. The molecule has 1 unspecified atom stereocenters. The molecule has 18 heavy (non-hydrogen) atoms. The molecule has 0 bridgehead atoms. The summed E-state index contributed by atoms with van der Waals surface area (Å²) >= 11 is 0. The number of nitrogens with one attached hydrogen (secondary N) is 1. The van der Waals surface area contributed by atoms with Gasteiger partial charge in [0.05, 0.1) is 6.54 Å². The molecule has 4 nitrogen and oxygen atoms in total. The number of hydrogen-bond acceptors (Lipinski definition) is 4. The quantitative estimate of drug-likeness (QED) is 0.851. The molecule has 4 heteroatoms. The minimum atomic E-state index is 0.751. The molecule has 1 aromatic heterocycles. The Hall–Kier alpha value is -1.00. The van der Waals surface area contributed by atoms with Crippen molar-refractivity contribution in [2.75, 3.05) is 27.2 Å². The Kier molecular flexibility index (Phi) is 4.66. The zero-order valence-corrected chi connectivity index (χ0v) is 11.7. The summed E-state index contributed by atoms with van der Waals surface area (Å²) in [6.07, 6.45) is 5.52. The molecule has 0 aliphatic heterocycles. The monoisotopic (exact) mass is 248 g/mol. The standard InChI is InChI=1S/C14H24N4/c1-4-15-8-11-5-6-13-12(7-11)9-16-14(17-13)10-18(2)3/h9,11,15H,4-8,10H2,1-3H3. The Balaban J connectivity index is 2.01. The lowest BCUT2D eigenvalue weighted by Crippen LogP contribution is -2.28. The first kappa shape index (κ1) is 13.4. The number of hydrogen-bond donors (Lipinski definition) is 1. The number of aryl methyl sites for hydroxylation is 1. The summed E-state index contributed by atoms with van der Waals surface area (Å²) in [7, 11) is 4.10. The molecular formula is C14H24N4. The fraction of sp³-hybridized carbons (Fsp3) is 0.714. The van der Waals surface area contributed by atoms with Gasteiger partial charge in [-0.2, -0.15) is 0 Å². The van der Waals surface area contributed by atoms with E-state index in [0.717, 1.165) is 44.2 Å². The van der Waals surface area contributed by atoms with E-state index >= 15 is 0 Å². The Morgan fingerprint density at radius 3 is 3.00 bits per heavy atom. The molecule has 0 spiro atoms. The zero-order chi connectivity index (χ0) is 13.0. The van der Waals surface area contributed by atoms with Crippen LogP contribution in [-0.4, -0.2) is 42.1 Å². The van der Waals surface area contributed by atoms with Gasteiger partial charge in [-0.3, -0.25) is 0 Å². The first-order valence-electron chi connectivity index (χ1n) is 6.88. The van der Waals surface area contributed by atoms with Crippen LogP contribution in [-0.2, 0) is 19.4 Å². The Labute approximate surface area is 110 Å². The third-order valence-electron chi connectivity index (χ3n) is 3.44. The number of fused-ring (bicyclic) bond motifs is 1. The van der Waals surface area contributed by atoms with Gasteiger partial charge < -0.3 is 10.2 Å². The van der Waals surface area contributed by atoms with Crippen molar-refractivity contribution in [2.45, 2.75) is 32.7 Å². The van der Waals surface area contributed by atoms with Crippen LogP contribution in [0.25, 0.3) is 0 Å². The zero-order valence-electron chi connectivity index (χ0n) is 11.7. The van der Waals surface area contributed by atoms with Crippen LogP contribution in [0, 0.1) is 5.92 Å². The molecule has 1 N–H and O–H groups in total. The van der Waals surface area contributed by atoms with Gasteiger partial charge in [0.15, 0.2) is 0 Å². The van der Waals surface area contributed by atoms with E-state index in [9.17, 15) is 0 Å². The van der Waals surface area contributed by atoms with Gasteiger partial charge >= 0.3 is 0 Å². The van der Waals surface area contributed by atoms with Crippen molar-refractivity contribution in [3.8, 4) is 0 Å². The van der Waals surface area contributed by atoms with Crippen LogP contribution in [0.1, 0.15) is 30.4 Å². The fourth-order valence-corrected chi connectivity index (χ4v) is 2.51. The van der Waals surface area contributed by atoms with E-state index in [1.165, 1.54) is 17.7 Å². The van der Waals surface area contributed by atoms with E-state index in [2.05, 4.69) is 36.2 Å². The lowest BCUT2D eigenvalue weighted by Gasteiger charge is -2.24. The summed E-state index contributed by atoms with van der Waals surface area (Å²) in [5.74, 6) is 1.70. The lowest BCUT2D eigenvalue weighted by atomic mass is 9.87. The van der Waals surface area contributed by atoms with Crippen molar-refractivity contribution in [3.63, 3.8) is 0 Å². The van der Waals surface area contributed by atoms with Crippen LogP contribution >= 0.6 is 0 Å². The topological polar surface area (TPSA) is 41.1 Å². The molecule has 0 radical (unpaired) electrons. The second kappa shape index (κ2) is 6.25. The van der Waals surface area contributed by atoms with Gasteiger partial charge in [0, 0.05) is 11.9 Å². The summed E-state index contributed by atoms with van der Waals surface area (Å²) in [6, 6.07) is 0. The lowest BCUT2D eigenvalue weighted by molar-refractivity contribution is 0.385. The van der Waals surface area contributed by atoms with Crippen molar-refractivity contribution in [1.82, 2.24) is 20.2 Å². The van der Waals surface area contributed by atoms with Crippen LogP contribution in [0.3, 0.4) is 0 Å². The minimum absolute atomic E-state index is 0.751. The summed E-state index contributed by atoms with van der Waals surface area (Å²) in [6.45, 7) is 5.17. The molecule has 0 fully saturated rings. The van der Waals surface area contributed by atoms with Crippen molar-refractivity contribution in [2.24, 2.45) is 5.92 Å². The highest BCUT2D eigenvalue weighted by molar-refractivity contribution is 5.21. The van der Waals surface area contributed by atoms with Gasteiger partial charge in [-0.25, -0.2) is 9.97 Å². The molecule has 0 saturated carbocycles. The number of nitrogens with zero attached hydrogens (tertiary/aromatic N) is 3. The molecule has 1 aliphatic rings. The summed E-state index contributed by atoms with van der Waals surface area (Å²) in [5.41, 5.74) is 2.63. The Morgan fingerprint density at radius 1 is 1.44 bits per heavy atom. The summed E-state index contributed by atoms with van der Waals surface area (Å²) in [5, 5.41) is 3.44. The van der Waals surface area contributed by atoms with E-state index in [1.807, 2.05) is 6.20 Å². The van der Waals surface area contributed by atoms with E-state index in [4.69, 9.17) is 4.98 Å². The Bertz CT molecular complexity index is 389. The molecule has 1 heterocycles. The predicted molar refractivity (Wildman–Crippen MR) is 73.5 cm³/mol. The van der Waals surface area contributed by atoms with E-state index < -0.39 is 0 Å². The first-order chi connectivity index (χ1) is 8.69. The highest BCUT2D eigenvalue weighted by Crippen LogP contribution is 2.23. The van der Waals surface area contributed by atoms with Gasteiger partial charge in [0.25, 0.3) is 0 Å². The van der Waals surface area contributed by atoms with Crippen molar-refractivity contribution < 1.29 is 0 Å². The van der Waals surface area contributed by atoms with E-state index in [-0.39, 0.29) is 0 Å². The van der Waals surface area contributed by atoms with Gasteiger partial charge in [-0.15, -0.1) is 0 Å². The molecule has 0 saturated heterocycles. The molecule has 1 aliphatic carbocycles. The largest absolute Gasteiger partial charge is 0.317 e. The molecule has 1 aromatic rings. The molecular weight excluding hydrogens is 224 g/mol. The highest BCUT2D eigenvalue weighted by atomic mass is 15.1. The maximum atomic E-state index is 4.69. The normalized spacial score (nSPS) is 19.0. The molecule has 2 rings (SSSR count). The average molecular weight is 248 g/mol. The van der Waals surface area contributed by atoms with Crippen molar-refractivity contribution in [3.05, 3.63) is 23.3 Å². The SMILES string of the molecule is CCNCC1CCc2nc(CN(C)C)ncc2C1.